The van der Waals surface area contributed by atoms with Crippen molar-refractivity contribution in [2.45, 2.75) is 26.4 Å². The molecule has 2 aromatic carbocycles. The number of carbonyl (C=O) groups excluding carboxylic acids is 1. The summed E-state index contributed by atoms with van der Waals surface area (Å²) in [6, 6.07) is 9.85. The van der Waals surface area contributed by atoms with Gasteiger partial charge in [-0.15, -0.1) is 0 Å². The van der Waals surface area contributed by atoms with E-state index in [0.29, 0.717) is 11.5 Å². The first-order valence-corrected chi connectivity index (χ1v) is 11.3. The highest BCUT2D eigenvalue weighted by atomic mass is 16.6. The third-order valence-corrected chi connectivity index (χ3v) is 6.52. The summed E-state index contributed by atoms with van der Waals surface area (Å²) < 4.78 is 5.49. The second kappa shape index (κ2) is 7.85. The molecule has 0 saturated carbocycles. The number of carbonyl (C=O) groups is 1. The van der Waals surface area contributed by atoms with Crippen molar-refractivity contribution < 1.29 is 9.53 Å². The zero-order valence-corrected chi connectivity index (χ0v) is 19.6. The van der Waals surface area contributed by atoms with Crippen molar-refractivity contribution in [2.75, 3.05) is 43.4 Å². The van der Waals surface area contributed by atoms with Crippen molar-refractivity contribution in [3.8, 4) is 0 Å². The molecule has 0 radical (unpaired) electrons. The molecule has 3 aromatic rings. The summed E-state index contributed by atoms with van der Waals surface area (Å²) in [6.45, 7) is 14.0. The maximum Gasteiger partial charge on any atom is 0.339 e. The molecule has 33 heavy (non-hydrogen) atoms. The van der Waals surface area contributed by atoms with Crippen LogP contribution in [0, 0.1) is 0 Å². The van der Waals surface area contributed by atoms with Gasteiger partial charge in [0.2, 0.25) is 5.95 Å². The highest BCUT2D eigenvalue weighted by Crippen LogP contribution is 2.38. The predicted molar refractivity (Wildman–Crippen MR) is 132 cm³/mol. The maximum absolute atomic E-state index is 12.1. The Morgan fingerprint density at radius 2 is 1.91 bits per heavy atom. The zero-order chi connectivity index (χ0) is 23.3. The smallest absolute Gasteiger partial charge is 0.339 e. The van der Waals surface area contributed by atoms with Crippen LogP contribution in [0.1, 0.15) is 42.3 Å². The van der Waals surface area contributed by atoms with Gasteiger partial charge in [0.25, 0.3) is 0 Å². The van der Waals surface area contributed by atoms with Gasteiger partial charge in [0.1, 0.15) is 5.60 Å². The van der Waals surface area contributed by atoms with Gasteiger partial charge in [-0.2, -0.15) is 0 Å². The van der Waals surface area contributed by atoms with E-state index in [1.807, 2.05) is 39.1 Å². The predicted octanol–water partition coefficient (Wildman–Crippen LogP) is 4.56. The topological polar surface area (TPSA) is 70.6 Å². The van der Waals surface area contributed by atoms with E-state index < -0.39 is 5.60 Å². The molecule has 0 spiro atoms. The van der Waals surface area contributed by atoms with E-state index in [4.69, 9.17) is 9.72 Å². The molecule has 1 N–H and O–H groups in total. The molecular formula is C26H29N5O2. The van der Waals surface area contributed by atoms with Gasteiger partial charge in [-0.3, -0.25) is 0 Å². The first kappa shape index (κ1) is 21.4. The number of aromatic nitrogens is 2. The fourth-order valence-corrected chi connectivity index (χ4v) is 4.60. The Bertz CT molecular complexity index is 1280. The fourth-order valence-electron chi connectivity index (χ4n) is 4.60. The number of anilines is 3. The van der Waals surface area contributed by atoms with Crippen molar-refractivity contribution in [3.05, 3.63) is 59.8 Å². The maximum atomic E-state index is 12.1. The molecule has 7 heteroatoms. The molecule has 2 aliphatic heterocycles. The van der Waals surface area contributed by atoms with Gasteiger partial charge in [0.15, 0.2) is 0 Å². The van der Waals surface area contributed by atoms with Gasteiger partial charge in [0, 0.05) is 60.3 Å². The number of fused-ring (bicyclic) bond motifs is 2. The average molecular weight is 444 g/mol. The van der Waals surface area contributed by atoms with Crippen molar-refractivity contribution >= 4 is 39.8 Å². The van der Waals surface area contributed by atoms with Crippen molar-refractivity contribution in [1.82, 2.24) is 14.9 Å². The number of piperazine rings is 1. The Morgan fingerprint density at radius 1 is 1.15 bits per heavy atom. The Labute approximate surface area is 194 Å². The Hall–Kier alpha value is -3.45. The van der Waals surface area contributed by atoms with E-state index in [9.17, 15) is 4.79 Å². The standard InChI is InChI=1S/C26H29N5O2/c1-16(2)18-8-9-22(31-12-10-30(5)11-13-31)20-15-27-25(29-23(18)20)28-17-6-7-19-21(14-17)26(3,4)33-24(19)32/h6-9,14-15H,1,10-13H2,2-5H3,(H,27,28,29). The third kappa shape index (κ3) is 3.82. The van der Waals surface area contributed by atoms with E-state index in [1.165, 1.54) is 0 Å². The average Bonchev–Trinajstić information content (AvgIpc) is 3.01. The lowest BCUT2D eigenvalue weighted by Gasteiger charge is -2.34. The third-order valence-electron chi connectivity index (χ3n) is 6.52. The van der Waals surface area contributed by atoms with E-state index in [0.717, 1.165) is 65.2 Å². The molecule has 3 heterocycles. The quantitative estimate of drug-likeness (QED) is 0.593. The number of nitrogens with zero attached hydrogens (tertiary/aromatic N) is 4. The number of hydrogen-bond acceptors (Lipinski definition) is 7. The van der Waals surface area contributed by atoms with Crippen LogP contribution in [0.5, 0.6) is 0 Å². The first-order chi connectivity index (χ1) is 15.7. The van der Waals surface area contributed by atoms with Crippen LogP contribution >= 0.6 is 0 Å². The Kier molecular flexibility index (Phi) is 5.09. The van der Waals surface area contributed by atoms with Crippen LogP contribution in [0.15, 0.2) is 43.1 Å². The van der Waals surface area contributed by atoms with E-state index in [-0.39, 0.29) is 5.97 Å². The Morgan fingerprint density at radius 3 is 2.64 bits per heavy atom. The van der Waals surface area contributed by atoms with Gasteiger partial charge in [-0.25, -0.2) is 14.8 Å². The van der Waals surface area contributed by atoms with Crippen LogP contribution in [-0.4, -0.2) is 54.1 Å². The van der Waals surface area contributed by atoms with Gasteiger partial charge in [-0.05, 0) is 57.7 Å². The monoisotopic (exact) mass is 443 g/mol. The largest absolute Gasteiger partial charge is 0.451 e. The van der Waals surface area contributed by atoms with Crippen molar-refractivity contribution in [3.63, 3.8) is 0 Å². The molecule has 1 aromatic heterocycles. The number of likely N-dealkylation sites (N-methyl/N-ethyl adjacent to an activating group) is 1. The molecule has 1 saturated heterocycles. The van der Waals surface area contributed by atoms with Crippen LogP contribution in [0.3, 0.4) is 0 Å². The minimum absolute atomic E-state index is 0.286. The fraction of sp³-hybridized carbons (Fsp3) is 0.346. The summed E-state index contributed by atoms with van der Waals surface area (Å²) in [6.07, 6.45) is 1.90. The highest BCUT2D eigenvalue weighted by Gasteiger charge is 2.37. The van der Waals surface area contributed by atoms with Gasteiger partial charge >= 0.3 is 5.97 Å². The molecule has 0 unspecified atom stereocenters. The number of benzene rings is 2. The number of rotatable bonds is 4. The molecule has 0 atom stereocenters. The van der Waals surface area contributed by atoms with E-state index >= 15 is 0 Å². The van der Waals surface area contributed by atoms with Crippen molar-refractivity contribution in [1.29, 1.82) is 0 Å². The zero-order valence-electron chi connectivity index (χ0n) is 19.6. The lowest BCUT2D eigenvalue weighted by atomic mass is 9.95. The minimum Gasteiger partial charge on any atom is -0.451 e. The number of ether oxygens (including phenoxy) is 1. The lowest BCUT2D eigenvalue weighted by Crippen LogP contribution is -2.44. The van der Waals surface area contributed by atoms with Crippen molar-refractivity contribution in [2.24, 2.45) is 0 Å². The number of allylic oxidation sites excluding steroid dienone is 1. The van der Waals surface area contributed by atoms with E-state index in [1.54, 1.807) is 6.07 Å². The number of hydrogen-bond donors (Lipinski definition) is 1. The molecule has 2 aliphatic rings. The summed E-state index contributed by atoms with van der Waals surface area (Å²) in [5.41, 5.74) is 5.64. The second-order valence-electron chi connectivity index (χ2n) is 9.44. The van der Waals surface area contributed by atoms with Crippen LogP contribution < -0.4 is 10.2 Å². The normalized spacial score (nSPS) is 17.7. The second-order valence-corrected chi connectivity index (χ2v) is 9.44. The molecule has 1 fully saturated rings. The van der Waals surface area contributed by atoms with Gasteiger partial charge in [0.05, 0.1) is 11.1 Å². The van der Waals surface area contributed by atoms with Crippen LogP contribution in [0.2, 0.25) is 0 Å². The number of esters is 1. The van der Waals surface area contributed by atoms with Crippen LogP contribution in [-0.2, 0) is 10.3 Å². The molecule has 0 bridgehead atoms. The number of nitrogens with one attached hydrogen (secondary N) is 1. The summed E-state index contributed by atoms with van der Waals surface area (Å²) >= 11 is 0. The van der Waals surface area contributed by atoms with E-state index in [2.05, 4.69) is 45.9 Å². The molecule has 170 valence electrons. The highest BCUT2D eigenvalue weighted by molar-refractivity contribution is 5.99. The van der Waals surface area contributed by atoms with Crippen LogP contribution in [0.4, 0.5) is 17.3 Å². The van der Waals surface area contributed by atoms with Crippen LogP contribution in [0.25, 0.3) is 16.5 Å². The number of cyclic esters (lactones) is 1. The summed E-state index contributed by atoms with van der Waals surface area (Å²) in [7, 11) is 2.16. The Balaban J connectivity index is 1.52. The molecule has 5 rings (SSSR count). The molecule has 0 amide bonds. The summed E-state index contributed by atoms with van der Waals surface area (Å²) in [5.74, 6) is 0.217. The molecule has 7 nitrogen and oxygen atoms in total. The van der Waals surface area contributed by atoms with Gasteiger partial charge in [-0.1, -0.05) is 12.6 Å². The summed E-state index contributed by atoms with van der Waals surface area (Å²) in [4.78, 5) is 26.4. The first-order valence-electron chi connectivity index (χ1n) is 11.3. The SMILES string of the molecule is C=C(C)c1ccc(N2CCN(C)CC2)c2cnc(Nc3ccc4c(c3)C(C)(C)OC4=O)nc12. The summed E-state index contributed by atoms with van der Waals surface area (Å²) in [5, 5.41) is 4.34. The molecular weight excluding hydrogens is 414 g/mol. The molecule has 0 aliphatic carbocycles. The van der Waals surface area contributed by atoms with Gasteiger partial charge < -0.3 is 19.9 Å². The minimum atomic E-state index is -0.654. The lowest BCUT2D eigenvalue weighted by molar-refractivity contribution is 0.00955.